The number of hydrogen-bond acceptors (Lipinski definition) is 0. The maximum absolute atomic E-state index is 14.7. The van der Waals surface area contributed by atoms with Gasteiger partial charge in [0, 0.05) is 0 Å². The first-order valence-corrected chi connectivity index (χ1v) is 7.30. The van der Waals surface area contributed by atoms with Gasteiger partial charge in [0.1, 0.15) is 0 Å². The van der Waals surface area contributed by atoms with Gasteiger partial charge < -0.3 is 4.11 Å². The monoisotopic (exact) mass is 251 g/mol. The van der Waals surface area contributed by atoms with Crippen LogP contribution in [0.3, 0.4) is 0 Å². The van der Waals surface area contributed by atoms with Crippen LogP contribution >= 0.6 is 0 Å². The van der Waals surface area contributed by atoms with Gasteiger partial charge in [-0.15, -0.1) is 0 Å². The molecule has 87 valence electrons. The van der Waals surface area contributed by atoms with Gasteiger partial charge in [0.15, 0.2) is 0 Å². The molecule has 0 heterocycles. The molecule has 0 aliphatic rings. The van der Waals surface area contributed by atoms with Gasteiger partial charge in [-0.1, -0.05) is 72.8 Å². The van der Waals surface area contributed by atoms with E-state index in [0.29, 0.717) is 0 Å². The number of rotatable bonds is 2. The second-order valence-corrected chi connectivity index (χ2v) is 5.95. The smallest absolute Gasteiger partial charge is 0.302 e. The van der Waals surface area contributed by atoms with Crippen LogP contribution in [0.1, 0.15) is 0 Å². The van der Waals surface area contributed by atoms with Crippen molar-refractivity contribution in [1.29, 1.82) is 0 Å². The van der Waals surface area contributed by atoms with Gasteiger partial charge in [0.05, 0.1) is 0 Å². The minimum Gasteiger partial charge on any atom is -0.302 e. The SMILES string of the molecule is F[Si](c1ccccc1)c1cccc2ccccc12. The molecule has 0 atom stereocenters. The lowest BCUT2D eigenvalue weighted by molar-refractivity contribution is 0.865. The Bertz CT molecular complexity index is 659. The van der Waals surface area contributed by atoms with Crippen LogP contribution < -0.4 is 10.4 Å². The van der Waals surface area contributed by atoms with Crippen LogP contribution in [0.4, 0.5) is 4.11 Å². The minimum absolute atomic E-state index is 0.804. The second kappa shape index (κ2) is 4.74. The summed E-state index contributed by atoms with van der Waals surface area (Å²) in [5.74, 6) is 0. The van der Waals surface area contributed by atoms with E-state index in [2.05, 4.69) is 0 Å². The Morgan fingerprint density at radius 3 is 2.17 bits per heavy atom. The number of halogens is 1. The lowest BCUT2D eigenvalue weighted by Crippen LogP contribution is -2.38. The zero-order valence-corrected chi connectivity index (χ0v) is 10.8. The van der Waals surface area contributed by atoms with Crippen molar-refractivity contribution < 1.29 is 4.11 Å². The van der Waals surface area contributed by atoms with E-state index >= 15 is 0 Å². The quantitative estimate of drug-likeness (QED) is 0.485. The van der Waals surface area contributed by atoms with E-state index in [4.69, 9.17) is 0 Å². The van der Waals surface area contributed by atoms with Crippen molar-refractivity contribution in [3.63, 3.8) is 0 Å². The molecule has 1 radical (unpaired) electrons. The molecular formula is C16H12FSi. The largest absolute Gasteiger partial charge is 0.341 e. The summed E-state index contributed by atoms with van der Waals surface area (Å²) in [5.41, 5.74) is 0. The van der Waals surface area contributed by atoms with Gasteiger partial charge >= 0.3 is 9.13 Å². The van der Waals surface area contributed by atoms with Crippen molar-refractivity contribution in [3.8, 4) is 0 Å². The standard InChI is InChI=1S/C16H12FSi/c17-18(14-9-2-1-3-10-14)16-12-6-8-13-7-4-5-11-15(13)16/h1-12H. The molecular weight excluding hydrogens is 239 g/mol. The zero-order valence-electron chi connectivity index (χ0n) is 9.81. The summed E-state index contributed by atoms with van der Waals surface area (Å²) < 4.78 is 14.7. The van der Waals surface area contributed by atoms with E-state index in [1.54, 1.807) is 0 Å². The normalized spacial score (nSPS) is 11.0. The molecule has 3 rings (SSSR count). The number of fused-ring (bicyclic) bond motifs is 1. The predicted octanol–water partition coefficient (Wildman–Crippen LogP) is 2.92. The maximum atomic E-state index is 14.7. The summed E-state index contributed by atoms with van der Waals surface area (Å²) in [6.45, 7) is 0. The highest BCUT2D eigenvalue weighted by Gasteiger charge is 2.19. The fraction of sp³-hybridized carbons (Fsp3) is 0. The Labute approximate surface area is 107 Å². The molecule has 0 fully saturated rings. The Morgan fingerprint density at radius 2 is 1.33 bits per heavy atom. The topological polar surface area (TPSA) is 0 Å². The third kappa shape index (κ3) is 1.95. The highest BCUT2D eigenvalue weighted by molar-refractivity contribution is 6.81. The third-order valence-corrected chi connectivity index (χ3v) is 4.80. The van der Waals surface area contributed by atoms with E-state index in [9.17, 15) is 4.11 Å². The molecule has 0 amide bonds. The van der Waals surface area contributed by atoms with Gasteiger partial charge in [-0.3, -0.25) is 0 Å². The Morgan fingerprint density at radius 1 is 0.667 bits per heavy atom. The number of benzene rings is 3. The molecule has 18 heavy (non-hydrogen) atoms. The van der Waals surface area contributed by atoms with Crippen LogP contribution in [0.15, 0.2) is 72.8 Å². The molecule has 0 unspecified atom stereocenters. The van der Waals surface area contributed by atoms with Gasteiger partial charge in [-0.2, -0.15) is 0 Å². The van der Waals surface area contributed by atoms with Crippen LogP contribution in [-0.2, 0) is 0 Å². The maximum Gasteiger partial charge on any atom is 0.341 e. The fourth-order valence-corrected chi connectivity index (χ4v) is 3.66. The van der Waals surface area contributed by atoms with E-state index in [0.717, 1.165) is 21.1 Å². The molecule has 0 aliphatic heterocycles. The van der Waals surface area contributed by atoms with E-state index in [-0.39, 0.29) is 0 Å². The molecule has 0 saturated carbocycles. The Balaban J connectivity index is 2.15. The summed E-state index contributed by atoms with van der Waals surface area (Å²) in [5, 5.41) is 3.77. The molecule has 2 heteroatoms. The van der Waals surface area contributed by atoms with Crippen LogP contribution in [0.5, 0.6) is 0 Å². The Kier molecular flexibility index (Phi) is 2.95. The van der Waals surface area contributed by atoms with Crippen LogP contribution in [0.25, 0.3) is 10.8 Å². The average molecular weight is 251 g/mol. The lowest BCUT2D eigenvalue weighted by atomic mass is 10.1. The average Bonchev–Trinajstić information content (AvgIpc) is 2.47. The van der Waals surface area contributed by atoms with Gasteiger partial charge in [-0.05, 0) is 21.1 Å². The van der Waals surface area contributed by atoms with Crippen LogP contribution in [0.2, 0.25) is 0 Å². The first-order valence-electron chi connectivity index (χ1n) is 5.92. The van der Waals surface area contributed by atoms with Gasteiger partial charge in [0.25, 0.3) is 0 Å². The first-order chi connectivity index (χ1) is 8.86. The lowest BCUT2D eigenvalue weighted by Gasteiger charge is -2.09. The molecule has 3 aromatic carbocycles. The number of hydrogen-bond donors (Lipinski definition) is 0. The van der Waals surface area contributed by atoms with Crippen molar-refractivity contribution in [2.45, 2.75) is 0 Å². The van der Waals surface area contributed by atoms with Gasteiger partial charge in [0.2, 0.25) is 0 Å². The summed E-state index contributed by atoms with van der Waals surface area (Å²) >= 11 is 0. The molecule has 0 aromatic heterocycles. The molecule has 3 aromatic rings. The van der Waals surface area contributed by atoms with Crippen LogP contribution in [0, 0.1) is 0 Å². The molecule has 0 aliphatic carbocycles. The fourth-order valence-electron chi connectivity index (χ4n) is 2.16. The summed E-state index contributed by atoms with van der Waals surface area (Å²) in [4.78, 5) is 0. The summed E-state index contributed by atoms with van der Waals surface area (Å²) in [7, 11) is -2.17. The van der Waals surface area contributed by atoms with Gasteiger partial charge in [-0.25, -0.2) is 0 Å². The molecule has 0 spiro atoms. The minimum atomic E-state index is -2.17. The van der Waals surface area contributed by atoms with Crippen LogP contribution in [-0.4, -0.2) is 9.13 Å². The highest BCUT2D eigenvalue weighted by Crippen LogP contribution is 2.12. The summed E-state index contributed by atoms with van der Waals surface area (Å²) in [6.07, 6.45) is 0. The van der Waals surface area contributed by atoms with Crippen molar-refractivity contribution in [1.82, 2.24) is 0 Å². The molecule has 0 nitrogen and oxygen atoms in total. The predicted molar refractivity (Wildman–Crippen MR) is 76.5 cm³/mol. The van der Waals surface area contributed by atoms with E-state index in [1.165, 1.54) is 0 Å². The zero-order chi connectivity index (χ0) is 12.4. The second-order valence-electron chi connectivity index (χ2n) is 4.21. The highest BCUT2D eigenvalue weighted by atomic mass is 28.3. The van der Waals surface area contributed by atoms with Crippen molar-refractivity contribution >= 4 is 30.3 Å². The molecule has 0 N–H and O–H groups in total. The first kappa shape index (κ1) is 11.2. The molecule has 0 bridgehead atoms. The van der Waals surface area contributed by atoms with Crippen molar-refractivity contribution in [2.75, 3.05) is 0 Å². The van der Waals surface area contributed by atoms with Crippen molar-refractivity contribution in [2.24, 2.45) is 0 Å². The molecule has 0 saturated heterocycles. The van der Waals surface area contributed by atoms with Crippen molar-refractivity contribution in [3.05, 3.63) is 72.8 Å². The Hall–Kier alpha value is -1.93. The van der Waals surface area contributed by atoms with E-state index in [1.807, 2.05) is 72.8 Å². The summed E-state index contributed by atoms with van der Waals surface area (Å²) in [6, 6.07) is 23.3. The van der Waals surface area contributed by atoms with E-state index < -0.39 is 9.13 Å². The third-order valence-electron chi connectivity index (χ3n) is 3.05.